The van der Waals surface area contributed by atoms with E-state index < -0.39 is 0 Å². The Kier molecular flexibility index (Phi) is 5.06. The van der Waals surface area contributed by atoms with Crippen LogP contribution in [0.2, 0.25) is 0 Å². The molecule has 1 aromatic rings. The van der Waals surface area contributed by atoms with Crippen molar-refractivity contribution in [3.63, 3.8) is 0 Å². The molecule has 2 aliphatic heterocycles. The van der Waals surface area contributed by atoms with E-state index in [1.165, 1.54) is 12.5 Å². The smallest absolute Gasteiger partial charge is 0.226 e. The predicted octanol–water partition coefficient (Wildman–Crippen LogP) is 2.37. The molecule has 0 spiro atoms. The van der Waals surface area contributed by atoms with Crippen molar-refractivity contribution in [2.24, 2.45) is 17.8 Å². The largest absolute Gasteiger partial charge is 0.366 e. The molecule has 4 rings (SSSR count). The van der Waals surface area contributed by atoms with Crippen molar-refractivity contribution in [2.45, 2.75) is 26.2 Å². The summed E-state index contributed by atoms with van der Waals surface area (Å²) in [5.41, 5.74) is 0.600. The lowest BCUT2D eigenvalue weighted by molar-refractivity contribution is -0.139. The van der Waals surface area contributed by atoms with Gasteiger partial charge in [-0.05, 0) is 37.3 Å². The Morgan fingerprint density at radius 1 is 0.963 bits per heavy atom. The molecule has 0 N–H and O–H groups in total. The highest BCUT2D eigenvalue weighted by molar-refractivity contribution is 5.92. The highest BCUT2D eigenvalue weighted by Gasteiger charge is 2.51. The van der Waals surface area contributed by atoms with Crippen LogP contribution in [0.15, 0.2) is 24.3 Å². The second-order valence-corrected chi connectivity index (χ2v) is 8.24. The summed E-state index contributed by atoms with van der Waals surface area (Å²) in [6.45, 7) is 6.28. The van der Waals surface area contributed by atoms with Gasteiger partial charge in [0.1, 0.15) is 5.82 Å². The normalized spacial score (nSPS) is 28.2. The number of carbonyl (C=O) groups is 2. The van der Waals surface area contributed by atoms with E-state index in [9.17, 15) is 14.0 Å². The van der Waals surface area contributed by atoms with E-state index in [1.807, 2.05) is 20.8 Å². The third kappa shape index (κ3) is 3.80. The maximum absolute atomic E-state index is 13.9. The molecule has 0 bridgehead atoms. The number of piperazine rings is 1. The minimum atomic E-state index is -0.221. The van der Waals surface area contributed by atoms with E-state index in [0.717, 1.165) is 19.5 Å². The molecule has 0 radical (unpaired) electrons. The van der Waals surface area contributed by atoms with Gasteiger partial charge in [-0.15, -0.1) is 0 Å². The number of hydrogen-bond acceptors (Lipinski definition) is 3. The molecule has 3 unspecified atom stereocenters. The first-order valence-corrected chi connectivity index (χ1v) is 10.1. The molecular weight excluding hydrogens is 345 g/mol. The highest BCUT2D eigenvalue weighted by atomic mass is 19.1. The standard InChI is InChI=1S/C21H28FN3O2/c1-15-5-4-8-25(14-15)21(27)17-13-16(17)20(26)24-11-9-23(10-12-24)19-7-3-2-6-18(19)22/h2-3,6-7,15-17H,4-5,8-14H2,1H3. The Morgan fingerprint density at radius 3 is 2.30 bits per heavy atom. The van der Waals surface area contributed by atoms with E-state index in [1.54, 1.807) is 12.1 Å². The third-order valence-corrected chi connectivity index (χ3v) is 6.18. The van der Waals surface area contributed by atoms with E-state index in [4.69, 9.17) is 0 Å². The van der Waals surface area contributed by atoms with Crippen molar-refractivity contribution >= 4 is 17.5 Å². The van der Waals surface area contributed by atoms with Crippen LogP contribution in [0.1, 0.15) is 26.2 Å². The lowest BCUT2D eigenvalue weighted by atomic mass is 10.00. The first-order chi connectivity index (χ1) is 13.0. The average Bonchev–Trinajstić information content (AvgIpc) is 3.48. The molecule has 146 valence electrons. The number of halogens is 1. The van der Waals surface area contributed by atoms with E-state index >= 15 is 0 Å². The highest BCUT2D eigenvalue weighted by Crippen LogP contribution is 2.42. The van der Waals surface area contributed by atoms with Gasteiger partial charge >= 0.3 is 0 Å². The molecule has 2 saturated heterocycles. The van der Waals surface area contributed by atoms with Gasteiger partial charge in [0.15, 0.2) is 0 Å². The van der Waals surface area contributed by atoms with Crippen LogP contribution >= 0.6 is 0 Å². The fourth-order valence-electron chi connectivity index (χ4n) is 4.48. The van der Waals surface area contributed by atoms with E-state index in [2.05, 4.69) is 6.92 Å². The summed E-state index contributed by atoms with van der Waals surface area (Å²) < 4.78 is 13.9. The van der Waals surface area contributed by atoms with Gasteiger partial charge in [0.05, 0.1) is 17.5 Å². The van der Waals surface area contributed by atoms with Gasteiger partial charge in [0, 0.05) is 39.3 Å². The molecule has 3 aliphatic rings. The summed E-state index contributed by atoms with van der Waals surface area (Å²) >= 11 is 0. The quantitative estimate of drug-likeness (QED) is 0.817. The van der Waals surface area contributed by atoms with Gasteiger partial charge in [-0.25, -0.2) is 4.39 Å². The monoisotopic (exact) mass is 373 g/mol. The lowest BCUT2D eigenvalue weighted by Gasteiger charge is -2.36. The second-order valence-electron chi connectivity index (χ2n) is 8.24. The SMILES string of the molecule is CC1CCCN(C(=O)C2CC2C(=O)N2CCN(c3ccccc3F)CC2)C1. The molecule has 27 heavy (non-hydrogen) atoms. The zero-order valence-corrected chi connectivity index (χ0v) is 15.9. The van der Waals surface area contributed by atoms with Crippen LogP contribution in [0.5, 0.6) is 0 Å². The van der Waals surface area contributed by atoms with Crippen molar-refractivity contribution in [2.75, 3.05) is 44.2 Å². The van der Waals surface area contributed by atoms with Gasteiger partial charge < -0.3 is 14.7 Å². The number of amides is 2. The molecule has 3 fully saturated rings. The van der Waals surface area contributed by atoms with Crippen molar-refractivity contribution in [3.8, 4) is 0 Å². The Bertz CT molecular complexity index is 717. The lowest BCUT2D eigenvalue weighted by Crippen LogP contribution is -2.50. The molecule has 1 aliphatic carbocycles. The number of piperidine rings is 1. The Balaban J connectivity index is 1.29. The van der Waals surface area contributed by atoms with Crippen LogP contribution < -0.4 is 4.90 Å². The number of rotatable bonds is 3. The maximum Gasteiger partial charge on any atom is 0.226 e. The van der Waals surface area contributed by atoms with Crippen molar-refractivity contribution < 1.29 is 14.0 Å². The fourth-order valence-corrected chi connectivity index (χ4v) is 4.48. The molecule has 1 saturated carbocycles. The predicted molar refractivity (Wildman–Crippen MR) is 102 cm³/mol. The Morgan fingerprint density at radius 2 is 1.63 bits per heavy atom. The summed E-state index contributed by atoms with van der Waals surface area (Å²) in [7, 11) is 0. The third-order valence-electron chi connectivity index (χ3n) is 6.18. The molecule has 2 amide bonds. The minimum absolute atomic E-state index is 0.103. The minimum Gasteiger partial charge on any atom is -0.366 e. The zero-order chi connectivity index (χ0) is 19.0. The Labute approximate surface area is 160 Å². The number of para-hydroxylation sites is 1. The molecule has 5 nitrogen and oxygen atoms in total. The van der Waals surface area contributed by atoms with Crippen LogP contribution in [-0.2, 0) is 9.59 Å². The second kappa shape index (κ2) is 7.49. The van der Waals surface area contributed by atoms with Crippen molar-refractivity contribution in [3.05, 3.63) is 30.1 Å². The van der Waals surface area contributed by atoms with E-state index in [0.29, 0.717) is 44.2 Å². The molecule has 3 atom stereocenters. The summed E-state index contributed by atoms with van der Waals surface area (Å²) in [5, 5.41) is 0. The maximum atomic E-state index is 13.9. The molecule has 2 heterocycles. The van der Waals surface area contributed by atoms with Crippen LogP contribution in [0.4, 0.5) is 10.1 Å². The van der Waals surface area contributed by atoms with Gasteiger partial charge in [0.25, 0.3) is 0 Å². The van der Waals surface area contributed by atoms with Crippen LogP contribution in [0.25, 0.3) is 0 Å². The summed E-state index contributed by atoms with van der Waals surface area (Å²) in [6.07, 6.45) is 2.94. The molecule has 1 aromatic carbocycles. The van der Waals surface area contributed by atoms with Crippen molar-refractivity contribution in [1.29, 1.82) is 0 Å². The number of hydrogen-bond donors (Lipinski definition) is 0. The summed E-state index contributed by atoms with van der Waals surface area (Å²) in [4.78, 5) is 31.3. The topological polar surface area (TPSA) is 43.9 Å². The molecular formula is C21H28FN3O2. The van der Waals surface area contributed by atoms with Gasteiger partial charge in [-0.1, -0.05) is 19.1 Å². The average molecular weight is 373 g/mol. The van der Waals surface area contributed by atoms with Crippen LogP contribution in [-0.4, -0.2) is 60.9 Å². The van der Waals surface area contributed by atoms with Gasteiger partial charge in [0.2, 0.25) is 11.8 Å². The van der Waals surface area contributed by atoms with Crippen LogP contribution in [0, 0.1) is 23.6 Å². The zero-order valence-electron chi connectivity index (χ0n) is 15.9. The Hall–Kier alpha value is -2.11. The van der Waals surface area contributed by atoms with Crippen LogP contribution in [0.3, 0.4) is 0 Å². The van der Waals surface area contributed by atoms with Gasteiger partial charge in [-0.3, -0.25) is 9.59 Å². The molecule has 6 heteroatoms. The number of likely N-dealkylation sites (tertiary alicyclic amines) is 1. The van der Waals surface area contributed by atoms with Gasteiger partial charge in [-0.2, -0.15) is 0 Å². The first-order valence-electron chi connectivity index (χ1n) is 10.1. The number of nitrogens with zero attached hydrogens (tertiary/aromatic N) is 3. The molecule has 0 aromatic heterocycles. The summed E-state index contributed by atoms with van der Waals surface area (Å²) in [5.74, 6) is 0.349. The number of benzene rings is 1. The van der Waals surface area contributed by atoms with E-state index in [-0.39, 0.29) is 29.5 Å². The van der Waals surface area contributed by atoms with Crippen molar-refractivity contribution in [1.82, 2.24) is 9.80 Å². The fraction of sp³-hybridized carbons (Fsp3) is 0.619. The number of anilines is 1. The first kappa shape index (κ1) is 18.3. The summed E-state index contributed by atoms with van der Waals surface area (Å²) in [6, 6.07) is 6.76. The number of carbonyl (C=O) groups excluding carboxylic acids is 2.